The maximum Gasteiger partial charge on any atom is 0.472 e. The highest BCUT2D eigenvalue weighted by molar-refractivity contribution is 7.47. The Morgan fingerprint density at radius 2 is 1.68 bits per heavy atom. The van der Waals surface area contributed by atoms with E-state index in [1.54, 1.807) is 12.1 Å². The molecule has 0 saturated carbocycles. The molecule has 0 radical (unpaired) electrons. The molecule has 0 aliphatic carbocycles. The van der Waals surface area contributed by atoms with E-state index in [9.17, 15) is 19.7 Å². The van der Waals surface area contributed by atoms with Gasteiger partial charge < -0.3 is 30.3 Å². The second-order valence-electron chi connectivity index (χ2n) is 13.6. The maximum absolute atomic E-state index is 13.0. The molecule has 13 nitrogen and oxygen atoms in total. The summed E-state index contributed by atoms with van der Waals surface area (Å²) < 4.78 is 37.3. The van der Waals surface area contributed by atoms with Crippen LogP contribution in [-0.2, 0) is 35.3 Å². The van der Waals surface area contributed by atoms with Gasteiger partial charge in [-0.05, 0) is 24.1 Å². The number of nitrogens with two attached hydrogens (primary N) is 1. The van der Waals surface area contributed by atoms with E-state index in [4.69, 9.17) is 24.3 Å². The molecule has 4 rings (SSSR count). The van der Waals surface area contributed by atoms with Crippen molar-refractivity contribution in [3.8, 4) is 11.8 Å². The molecular formula is C39H58N5O8P. The molecule has 6 atom stereocenters. The number of ether oxygens (including phenoxy) is 2. The Morgan fingerprint density at radius 1 is 1.00 bits per heavy atom. The fourth-order valence-electron chi connectivity index (χ4n) is 6.47. The fourth-order valence-corrected chi connectivity index (χ4v) is 7.23. The summed E-state index contributed by atoms with van der Waals surface area (Å²) in [7, 11) is -3.17. The first-order valence-corrected chi connectivity index (χ1v) is 20.5. The van der Waals surface area contributed by atoms with Crippen molar-refractivity contribution >= 4 is 25.4 Å². The van der Waals surface area contributed by atoms with Gasteiger partial charge in [0, 0.05) is 26.1 Å². The van der Waals surface area contributed by atoms with E-state index in [1.165, 1.54) is 88.3 Å². The first-order valence-electron chi connectivity index (χ1n) is 19.0. The summed E-state index contributed by atoms with van der Waals surface area (Å²) in [5.74, 6) is 6.58. The molecule has 1 saturated heterocycles. The van der Waals surface area contributed by atoms with E-state index < -0.39 is 44.4 Å². The highest BCUT2D eigenvalue weighted by Crippen LogP contribution is 2.46. The van der Waals surface area contributed by atoms with Crippen LogP contribution in [0.25, 0.3) is 5.52 Å². The molecule has 292 valence electrons. The van der Waals surface area contributed by atoms with Crippen molar-refractivity contribution in [1.29, 1.82) is 0 Å². The summed E-state index contributed by atoms with van der Waals surface area (Å²) >= 11 is 0. The standard InChI is InChI=1S/C39H58N5O8P/c1-3-4-5-6-7-8-9-10-11-12-13-14-15-16-20-23-32(49-26-31-21-18-17-19-22-31)27-50-53(47,48)51-28-34-36(45)37(46)39(52-34,29-41-2)35-25-24-33-38(40)42-30-43-44(33)35/h17-19,21-22,24-25,29-30,32,34,36-37,45-46H,3-15,23,26-28H2,1-2H3,(H,47,48)(H2,40,42,43)/t32-,34-,36-,37-,39+/m1/s1. The maximum atomic E-state index is 13.0. The van der Waals surface area contributed by atoms with Crippen LogP contribution in [-0.4, -0.2) is 80.6 Å². The predicted octanol–water partition coefficient (Wildman–Crippen LogP) is 6.53. The lowest BCUT2D eigenvalue weighted by Crippen LogP contribution is -2.43. The zero-order chi connectivity index (χ0) is 37.9. The number of phosphoric ester groups is 1. The van der Waals surface area contributed by atoms with Crippen LogP contribution in [0.5, 0.6) is 0 Å². The van der Waals surface area contributed by atoms with Gasteiger partial charge in [-0.25, -0.2) is 14.1 Å². The smallest absolute Gasteiger partial charge is 0.387 e. The van der Waals surface area contributed by atoms with Crippen molar-refractivity contribution in [2.75, 3.05) is 26.0 Å². The van der Waals surface area contributed by atoms with Crippen LogP contribution in [0, 0.1) is 11.8 Å². The third kappa shape index (κ3) is 13.0. The molecule has 1 unspecified atom stereocenters. The highest BCUT2D eigenvalue weighted by Gasteiger charge is 2.56. The third-order valence-corrected chi connectivity index (χ3v) is 10.4. The number of fused-ring (bicyclic) bond motifs is 1. The summed E-state index contributed by atoms with van der Waals surface area (Å²) in [6.45, 7) is 1.70. The molecule has 3 aromatic rings. The second-order valence-corrected chi connectivity index (χ2v) is 15.1. The number of rotatable bonds is 24. The molecule has 3 heterocycles. The van der Waals surface area contributed by atoms with Crippen molar-refractivity contribution in [2.24, 2.45) is 4.99 Å². The van der Waals surface area contributed by atoms with Gasteiger partial charge in [0.25, 0.3) is 0 Å². The van der Waals surface area contributed by atoms with Crippen molar-refractivity contribution < 1.29 is 38.2 Å². The van der Waals surface area contributed by atoms with Gasteiger partial charge in [0.15, 0.2) is 11.4 Å². The minimum absolute atomic E-state index is 0.206. The zero-order valence-electron chi connectivity index (χ0n) is 31.2. The molecule has 0 bridgehead atoms. The number of unbranched alkanes of at least 4 members (excludes halogenated alkanes) is 12. The fraction of sp³-hybridized carbons (Fsp3) is 0.615. The van der Waals surface area contributed by atoms with Crippen LogP contribution in [0.4, 0.5) is 5.82 Å². The van der Waals surface area contributed by atoms with Crippen LogP contribution >= 0.6 is 7.82 Å². The van der Waals surface area contributed by atoms with Crippen molar-refractivity contribution in [3.05, 3.63) is 60.0 Å². The Labute approximate surface area is 313 Å². The normalized spacial score (nSPS) is 21.9. The van der Waals surface area contributed by atoms with Crippen molar-refractivity contribution in [1.82, 2.24) is 14.6 Å². The van der Waals surface area contributed by atoms with Gasteiger partial charge in [-0.15, -0.1) is 11.8 Å². The number of anilines is 1. The summed E-state index contributed by atoms with van der Waals surface area (Å²) in [5, 5.41) is 26.4. The quantitative estimate of drug-likeness (QED) is 0.0337. The SMILES string of the molecule is CCCCCCCCCCCCCCC#CC[C@H](COP(=O)(O)OC[C@H]1O[C@@](C=NC)(c2ccc3c(N)ncnn23)[C@H](O)[C@@H]1O)OCc1ccccc1. The lowest BCUT2D eigenvalue weighted by atomic mass is 9.92. The largest absolute Gasteiger partial charge is 0.472 e. The van der Waals surface area contributed by atoms with Crippen LogP contribution in [0.1, 0.15) is 108 Å². The number of hydrogen-bond acceptors (Lipinski definition) is 11. The van der Waals surface area contributed by atoms with Crippen molar-refractivity contribution in [3.63, 3.8) is 0 Å². The average Bonchev–Trinajstić information content (AvgIpc) is 3.70. The van der Waals surface area contributed by atoms with Gasteiger partial charge in [0.2, 0.25) is 0 Å². The first-order chi connectivity index (χ1) is 25.7. The molecule has 1 aromatic carbocycles. The number of aliphatic imine (C=N–C) groups is 1. The Balaban J connectivity index is 1.25. The minimum atomic E-state index is -4.66. The molecule has 0 amide bonds. The van der Waals surface area contributed by atoms with Gasteiger partial charge in [0.1, 0.15) is 30.2 Å². The van der Waals surface area contributed by atoms with E-state index in [0.717, 1.165) is 24.8 Å². The topological polar surface area (TPSA) is 183 Å². The number of aromatic nitrogens is 3. The Hall–Kier alpha value is -3.18. The number of benzene rings is 1. The number of phosphoric acid groups is 1. The van der Waals surface area contributed by atoms with Crippen LogP contribution in [0.3, 0.4) is 0 Å². The molecule has 0 spiro atoms. The van der Waals surface area contributed by atoms with E-state index in [0.29, 0.717) is 17.6 Å². The Kier molecular flexibility index (Phi) is 17.9. The lowest BCUT2D eigenvalue weighted by Gasteiger charge is -2.27. The summed E-state index contributed by atoms with van der Waals surface area (Å²) in [5.41, 5.74) is 6.04. The van der Waals surface area contributed by atoms with E-state index >= 15 is 0 Å². The molecule has 1 aliphatic rings. The lowest BCUT2D eigenvalue weighted by molar-refractivity contribution is -0.0558. The minimum Gasteiger partial charge on any atom is -0.387 e. The molecule has 53 heavy (non-hydrogen) atoms. The highest BCUT2D eigenvalue weighted by atomic mass is 31.2. The van der Waals surface area contributed by atoms with E-state index in [-0.39, 0.29) is 19.0 Å². The molecule has 2 aromatic heterocycles. The molecular weight excluding hydrogens is 697 g/mol. The zero-order valence-corrected chi connectivity index (χ0v) is 32.1. The molecule has 1 aliphatic heterocycles. The average molecular weight is 756 g/mol. The first kappa shape index (κ1) is 42.6. The summed E-state index contributed by atoms with van der Waals surface area (Å²) in [4.78, 5) is 18.7. The number of hydrogen-bond donors (Lipinski definition) is 4. The van der Waals surface area contributed by atoms with Crippen molar-refractivity contribution in [2.45, 2.75) is 133 Å². The molecule has 5 N–H and O–H groups in total. The van der Waals surface area contributed by atoms with Crippen LogP contribution in [0.2, 0.25) is 0 Å². The van der Waals surface area contributed by atoms with Gasteiger partial charge >= 0.3 is 7.82 Å². The summed E-state index contributed by atoms with van der Waals surface area (Å²) in [6, 6.07) is 12.9. The van der Waals surface area contributed by atoms with Gasteiger partial charge in [-0.1, -0.05) is 108 Å². The summed E-state index contributed by atoms with van der Waals surface area (Å²) in [6.07, 6.45) is 14.2. The molecule has 14 heteroatoms. The van der Waals surface area contributed by atoms with Gasteiger partial charge in [-0.3, -0.25) is 14.0 Å². The molecule has 1 fully saturated rings. The number of aliphatic hydroxyl groups excluding tert-OH is 2. The van der Waals surface area contributed by atoms with Gasteiger partial charge in [0.05, 0.1) is 31.6 Å². The number of aliphatic hydroxyl groups is 2. The van der Waals surface area contributed by atoms with E-state index in [2.05, 4.69) is 33.8 Å². The Morgan fingerprint density at radius 3 is 2.36 bits per heavy atom. The van der Waals surface area contributed by atoms with E-state index in [1.807, 2.05) is 30.3 Å². The van der Waals surface area contributed by atoms with Gasteiger partial charge in [-0.2, -0.15) is 5.10 Å². The number of nitrogen functional groups attached to an aromatic ring is 1. The predicted molar refractivity (Wildman–Crippen MR) is 205 cm³/mol. The Bertz CT molecular complexity index is 1650. The number of nitrogens with zero attached hydrogens (tertiary/aromatic N) is 4. The van der Waals surface area contributed by atoms with Crippen LogP contribution in [0.15, 0.2) is 53.8 Å². The van der Waals surface area contributed by atoms with Crippen LogP contribution < -0.4 is 5.73 Å². The third-order valence-electron chi connectivity index (χ3n) is 9.46. The second kappa shape index (κ2) is 22.3. The monoisotopic (exact) mass is 755 g/mol.